The van der Waals surface area contributed by atoms with Crippen LogP contribution in [0.1, 0.15) is 38.3 Å². The van der Waals surface area contributed by atoms with E-state index < -0.39 is 22.0 Å². The number of hydrogen-bond acceptors (Lipinski definition) is 3. The zero-order chi connectivity index (χ0) is 20.9. The molecule has 2 aromatic carbocycles. The molecule has 0 unspecified atom stereocenters. The third kappa shape index (κ3) is 5.56. The van der Waals surface area contributed by atoms with Crippen LogP contribution in [0.2, 0.25) is 5.02 Å². The molecule has 0 aromatic heterocycles. The number of sulfonamides is 1. The van der Waals surface area contributed by atoms with Gasteiger partial charge in [0.25, 0.3) is 0 Å². The molecule has 0 aliphatic rings. The Morgan fingerprint density at radius 2 is 1.57 bits per heavy atom. The molecule has 0 radical (unpaired) electrons. The Morgan fingerprint density at radius 3 is 2.04 bits per heavy atom. The van der Waals surface area contributed by atoms with Gasteiger partial charge in [-0.15, -0.1) is 0 Å². The maximum Gasteiger partial charge on any atom is 0.244 e. The summed E-state index contributed by atoms with van der Waals surface area (Å²) in [6, 6.07) is 12.7. The van der Waals surface area contributed by atoms with Crippen LogP contribution in [0.3, 0.4) is 0 Å². The molecule has 0 fully saturated rings. The van der Waals surface area contributed by atoms with E-state index in [-0.39, 0.29) is 17.4 Å². The van der Waals surface area contributed by atoms with Gasteiger partial charge in [-0.25, -0.2) is 8.42 Å². The van der Waals surface area contributed by atoms with Crippen LogP contribution in [-0.2, 0) is 27.8 Å². The lowest BCUT2D eigenvalue weighted by Gasteiger charge is -2.30. The molecule has 2 rings (SSSR count). The Labute approximate surface area is 172 Å². The van der Waals surface area contributed by atoms with Crippen molar-refractivity contribution < 1.29 is 13.2 Å². The van der Waals surface area contributed by atoms with E-state index in [0.717, 1.165) is 17.5 Å². The molecule has 7 heteroatoms. The van der Waals surface area contributed by atoms with Crippen LogP contribution < -0.4 is 5.73 Å². The molecule has 5 nitrogen and oxygen atoms in total. The van der Waals surface area contributed by atoms with E-state index in [4.69, 9.17) is 17.3 Å². The van der Waals surface area contributed by atoms with Gasteiger partial charge in [-0.3, -0.25) is 4.79 Å². The molecule has 0 saturated heterocycles. The Bertz CT molecular complexity index is 894. The molecule has 152 valence electrons. The van der Waals surface area contributed by atoms with Gasteiger partial charge in [0, 0.05) is 11.6 Å². The lowest BCUT2D eigenvalue weighted by atomic mass is 10.0. The Hall–Kier alpha value is -1.89. The predicted octanol–water partition coefficient (Wildman–Crippen LogP) is 3.99. The van der Waals surface area contributed by atoms with Crippen molar-refractivity contribution in [2.45, 2.75) is 51.1 Å². The minimum absolute atomic E-state index is 0.0648. The van der Waals surface area contributed by atoms with E-state index in [1.165, 1.54) is 28.6 Å². The van der Waals surface area contributed by atoms with Crippen LogP contribution in [0.25, 0.3) is 0 Å². The van der Waals surface area contributed by atoms with Crippen LogP contribution >= 0.6 is 11.6 Å². The van der Waals surface area contributed by atoms with Gasteiger partial charge in [0.05, 0.1) is 4.90 Å². The summed E-state index contributed by atoms with van der Waals surface area (Å²) in [5.74, 6) is -0.556. The summed E-state index contributed by atoms with van der Waals surface area (Å²) >= 11 is 5.90. The fraction of sp³-hybridized carbons (Fsp3) is 0.381. The molecule has 0 bridgehead atoms. The highest BCUT2D eigenvalue weighted by molar-refractivity contribution is 7.89. The fourth-order valence-electron chi connectivity index (χ4n) is 2.99. The third-order valence-electron chi connectivity index (χ3n) is 4.56. The fourth-order valence-corrected chi connectivity index (χ4v) is 4.71. The lowest BCUT2D eigenvalue weighted by Crippen LogP contribution is -2.48. The molecule has 1 atom stereocenters. The number of nitrogens with zero attached hydrogens (tertiary/aromatic N) is 1. The number of halogens is 1. The minimum atomic E-state index is -3.95. The first kappa shape index (κ1) is 22.4. The minimum Gasteiger partial charge on any atom is -0.368 e. The zero-order valence-corrected chi connectivity index (χ0v) is 18.0. The number of amides is 1. The van der Waals surface area contributed by atoms with Crippen LogP contribution in [0.5, 0.6) is 0 Å². The van der Waals surface area contributed by atoms with Crippen molar-refractivity contribution in [3.8, 4) is 0 Å². The first-order valence-electron chi connectivity index (χ1n) is 9.29. The molecular weight excluding hydrogens is 396 g/mol. The van der Waals surface area contributed by atoms with Crippen molar-refractivity contribution in [3.63, 3.8) is 0 Å². The van der Waals surface area contributed by atoms with Crippen LogP contribution in [-0.4, -0.2) is 24.7 Å². The third-order valence-corrected chi connectivity index (χ3v) is 6.68. The van der Waals surface area contributed by atoms with Crippen molar-refractivity contribution in [1.82, 2.24) is 4.31 Å². The highest BCUT2D eigenvalue weighted by Gasteiger charge is 2.35. The molecule has 0 aliphatic carbocycles. The van der Waals surface area contributed by atoms with E-state index in [9.17, 15) is 13.2 Å². The van der Waals surface area contributed by atoms with Gasteiger partial charge < -0.3 is 5.73 Å². The van der Waals surface area contributed by atoms with Crippen LogP contribution in [0.4, 0.5) is 0 Å². The van der Waals surface area contributed by atoms with Crippen molar-refractivity contribution >= 4 is 27.5 Å². The number of carbonyl (C=O) groups is 1. The smallest absolute Gasteiger partial charge is 0.244 e. The van der Waals surface area contributed by atoms with Crippen LogP contribution in [0.15, 0.2) is 53.4 Å². The molecular formula is C21H27ClN2O3S. The van der Waals surface area contributed by atoms with Gasteiger partial charge in [-0.05, 0) is 54.2 Å². The van der Waals surface area contributed by atoms with Gasteiger partial charge in [-0.2, -0.15) is 4.31 Å². The maximum absolute atomic E-state index is 13.4. The summed E-state index contributed by atoms with van der Waals surface area (Å²) in [5, 5.41) is 0.439. The summed E-state index contributed by atoms with van der Waals surface area (Å²) in [5.41, 5.74) is 7.57. The number of carbonyl (C=O) groups excluding carboxylic acids is 1. The normalized spacial score (nSPS) is 13.1. The van der Waals surface area contributed by atoms with Gasteiger partial charge in [-0.1, -0.05) is 56.6 Å². The van der Waals surface area contributed by atoms with Gasteiger partial charge >= 0.3 is 0 Å². The standard InChI is InChI=1S/C21H27ClN2O3S/c1-4-16-5-7-17(8-6-16)14-24(20(21(23)25)13-15(2)3)28(26,27)19-11-9-18(22)10-12-19/h5-12,15,20H,4,13-14H2,1-3H3,(H2,23,25)/t20-/m1/s1. The number of benzene rings is 2. The molecule has 28 heavy (non-hydrogen) atoms. The summed E-state index contributed by atoms with van der Waals surface area (Å²) in [4.78, 5) is 12.3. The number of aryl methyl sites for hydroxylation is 1. The average molecular weight is 423 g/mol. The van der Waals surface area contributed by atoms with E-state index in [1.807, 2.05) is 38.1 Å². The van der Waals surface area contributed by atoms with Gasteiger partial charge in [0.15, 0.2) is 0 Å². The average Bonchev–Trinajstić information content (AvgIpc) is 2.65. The van der Waals surface area contributed by atoms with Crippen molar-refractivity contribution in [1.29, 1.82) is 0 Å². The van der Waals surface area contributed by atoms with Crippen molar-refractivity contribution in [3.05, 3.63) is 64.7 Å². The van der Waals surface area contributed by atoms with E-state index in [1.54, 1.807) is 0 Å². The summed E-state index contributed by atoms with van der Waals surface area (Å²) in [6.07, 6.45) is 1.24. The van der Waals surface area contributed by atoms with Gasteiger partial charge in [0.1, 0.15) is 6.04 Å². The molecule has 1 amide bonds. The summed E-state index contributed by atoms with van der Waals surface area (Å²) < 4.78 is 28.0. The SMILES string of the molecule is CCc1ccc(CN([C@H](CC(C)C)C(N)=O)S(=O)(=O)c2ccc(Cl)cc2)cc1. The monoisotopic (exact) mass is 422 g/mol. The van der Waals surface area contributed by atoms with Gasteiger partial charge in [0.2, 0.25) is 15.9 Å². The molecule has 0 spiro atoms. The number of nitrogens with two attached hydrogens (primary N) is 1. The first-order valence-corrected chi connectivity index (χ1v) is 11.1. The number of primary amides is 1. The summed E-state index contributed by atoms with van der Waals surface area (Å²) in [6.45, 7) is 5.98. The predicted molar refractivity (Wildman–Crippen MR) is 112 cm³/mol. The second kappa shape index (κ2) is 9.54. The largest absolute Gasteiger partial charge is 0.368 e. The Balaban J connectivity index is 2.49. The number of hydrogen-bond donors (Lipinski definition) is 1. The lowest BCUT2D eigenvalue weighted by molar-refractivity contribution is -0.122. The van der Waals surface area contributed by atoms with Crippen molar-refractivity contribution in [2.75, 3.05) is 0 Å². The van der Waals surface area contributed by atoms with Crippen molar-refractivity contribution in [2.24, 2.45) is 11.7 Å². The van der Waals surface area contributed by atoms with E-state index in [0.29, 0.717) is 11.4 Å². The topological polar surface area (TPSA) is 80.5 Å². The molecule has 2 aromatic rings. The summed E-state index contributed by atoms with van der Waals surface area (Å²) in [7, 11) is -3.95. The maximum atomic E-state index is 13.4. The molecule has 0 aliphatic heterocycles. The second-order valence-corrected chi connectivity index (χ2v) is 9.55. The Morgan fingerprint density at radius 1 is 1.04 bits per heavy atom. The van der Waals surface area contributed by atoms with E-state index in [2.05, 4.69) is 6.92 Å². The zero-order valence-electron chi connectivity index (χ0n) is 16.4. The molecule has 2 N–H and O–H groups in total. The highest BCUT2D eigenvalue weighted by atomic mass is 35.5. The number of rotatable bonds is 9. The molecule has 0 saturated carbocycles. The van der Waals surface area contributed by atoms with E-state index >= 15 is 0 Å². The first-order chi connectivity index (χ1) is 13.1. The Kier molecular flexibility index (Phi) is 7.63. The second-order valence-electron chi connectivity index (χ2n) is 7.22. The highest BCUT2D eigenvalue weighted by Crippen LogP contribution is 2.25. The molecule has 0 heterocycles. The quantitative estimate of drug-likeness (QED) is 0.663. The van der Waals surface area contributed by atoms with Crippen LogP contribution in [0, 0.1) is 5.92 Å².